The second-order valence-corrected chi connectivity index (χ2v) is 6.64. The molecular weight excluding hydrogens is 458 g/mol. The highest BCUT2D eigenvalue weighted by atomic mass is 19.2. The first-order valence-electron chi connectivity index (χ1n) is 8.99. The number of rotatable bonds is 2. The first-order chi connectivity index (χ1) is 16.2. The molecule has 3 aromatic carbocycles. The number of hydrogen-bond acceptors (Lipinski definition) is 4. The Bertz CT molecular complexity index is 1470. The summed E-state index contributed by atoms with van der Waals surface area (Å²) in [5.74, 6) is -8.14. The average Bonchev–Trinajstić information content (AvgIpc) is 2.76. The van der Waals surface area contributed by atoms with Gasteiger partial charge in [0.2, 0.25) is 0 Å². The summed E-state index contributed by atoms with van der Waals surface area (Å²) in [6.45, 7) is 0. The number of nitriles is 4. The third kappa shape index (κ3) is 4.05. The molecule has 3 aromatic rings. The molecule has 0 heterocycles. The summed E-state index contributed by atoms with van der Waals surface area (Å²) in [5, 5.41) is 35.1. The summed E-state index contributed by atoms with van der Waals surface area (Å²) in [4.78, 5) is 0. The van der Waals surface area contributed by atoms with Gasteiger partial charge in [0.15, 0.2) is 0 Å². The molecule has 0 radical (unpaired) electrons. The van der Waals surface area contributed by atoms with Crippen LogP contribution in [0.4, 0.5) is 26.3 Å². The van der Waals surface area contributed by atoms with Crippen molar-refractivity contribution in [1.82, 2.24) is 0 Å². The zero-order chi connectivity index (χ0) is 25.2. The van der Waals surface area contributed by atoms with Crippen molar-refractivity contribution in [2.75, 3.05) is 0 Å². The molecule has 0 amide bonds. The number of benzene rings is 3. The van der Waals surface area contributed by atoms with Gasteiger partial charge in [0.1, 0.15) is 70.3 Å². The lowest BCUT2D eigenvalue weighted by Crippen LogP contribution is -2.28. The Hall–Kier alpha value is -5.06. The van der Waals surface area contributed by atoms with E-state index in [0.29, 0.717) is 36.4 Å². The van der Waals surface area contributed by atoms with Gasteiger partial charge in [0, 0.05) is 23.3 Å². The maximum Gasteiger partial charge on any atom is 0.141 e. The van der Waals surface area contributed by atoms with Crippen LogP contribution in [-0.2, 0) is 0 Å². The second kappa shape index (κ2) is 9.20. The first-order valence-corrected chi connectivity index (χ1v) is 8.99. The summed E-state index contributed by atoms with van der Waals surface area (Å²) in [6.07, 6.45) is 0. The van der Waals surface area contributed by atoms with E-state index in [2.05, 4.69) is 0 Å². The van der Waals surface area contributed by atoms with Crippen LogP contribution in [0.15, 0.2) is 36.4 Å². The van der Waals surface area contributed by atoms with E-state index in [4.69, 9.17) is 0 Å². The monoisotopic (exact) mass is 464 g/mol. The van der Waals surface area contributed by atoms with E-state index >= 15 is 8.78 Å². The minimum absolute atomic E-state index is 0.420. The lowest BCUT2D eigenvalue weighted by molar-refractivity contribution is 0.577. The summed E-state index contributed by atoms with van der Waals surface area (Å²) in [5.41, 5.74) is -5.44. The fourth-order valence-corrected chi connectivity index (χ4v) is 3.37. The largest absolute Gasteiger partial charge is 0.207 e. The van der Waals surface area contributed by atoms with Gasteiger partial charge in [-0.25, -0.2) is 26.3 Å². The quantitative estimate of drug-likeness (QED) is 0.530. The lowest BCUT2D eigenvalue weighted by Gasteiger charge is -2.14. The molecule has 0 atom stereocenters. The molecule has 3 rings (SSSR count). The molecule has 0 aliphatic heterocycles. The van der Waals surface area contributed by atoms with Gasteiger partial charge in [0.05, 0.1) is 10.4 Å². The van der Waals surface area contributed by atoms with Gasteiger partial charge in [-0.15, -0.1) is 0 Å². The first kappa shape index (κ1) is 23.6. The molecule has 164 valence electrons. The fraction of sp³-hybridized carbons (Fsp3) is 0. The van der Waals surface area contributed by atoms with E-state index in [0.717, 1.165) is 0 Å². The normalized spacial score (nSPS) is 9.94. The van der Waals surface area contributed by atoms with Gasteiger partial charge < -0.3 is 0 Å². The van der Waals surface area contributed by atoms with Crippen LogP contribution in [0.25, 0.3) is 33.4 Å². The van der Waals surface area contributed by atoms with Crippen LogP contribution in [0.3, 0.4) is 0 Å². The zero-order valence-corrected chi connectivity index (χ0v) is 16.5. The van der Waals surface area contributed by atoms with Crippen LogP contribution in [0.2, 0.25) is 0 Å². The maximum atomic E-state index is 15.9. The molecular formula is C24H6F6N4. The molecule has 0 aliphatic carbocycles. The standard InChI is InChI=1S/C24H6F6N4/c25-15-1-11(2-16(26)5-15)19-21(13(7-31)8-32)24(30)20(12-3-17(27)6-18(28)4-12)22(23(19)29)14(9-33)10-34/h1-6H. The van der Waals surface area contributed by atoms with Crippen LogP contribution in [-0.4, -0.2) is 0 Å². The predicted molar refractivity (Wildman–Crippen MR) is 106 cm³/mol. The van der Waals surface area contributed by atoms with Crippen molar-refractivity contribution in [3.63, 3.8) is 0 Å². The molecule has 0 unspecified atom stereocenters. The Morgan fingerprint density at radius 2 is 0.735 bits per heavy atom. The molecule has 10 heteroatoms. The van der Waals surface area contributed by atoms with Gasteiger partial charge in [-0.05, 0) is 35.4 Å². The van der Waals surface area contributed by atoms with E-state index in [9.17, 15) is 38.6 Å². The van der Waals surface area contributed by atoms with E-state index in [-0.39, 0.29) is 0 Å². The molecule has 0 spiro atoms. The van der Waals surface area contributed by atoms with Gasteiger partial charge in [-0.2, -0.15) is 21.0 Å². The van der Waals surface area contributed by atoms with E-state index < -0.39 is 78.7 Å². The minimum atomic E-state index is -1.62. The fourth-order valence-electron chi connectivity index (χ4n) is 3.37. The van der Waals surface area contributed by atoms with Crippen molar-refractivity contribution in [2.45, 2.75) is 0 Å². The van der Waals surface area contributed by atoms with Gasteiger partial charge in [-0.1, -0.05) is 0 Å². The van der Waals surface area contributed by atoms with Crippen molar-refractivity contribution in [2.24, 2.45) is 0 Å². The van der Waals surface area contributed by atoms with E-state index in [1.807, 2.05) is 0 Å². The molecule has 34 heavy (non-hydrogen) atoms. The highest BCUT2D eigenvalue weighted by Gasteiger charge is 2.25. The van der Waals surface area contributed by atoms with Crippen molar-refractivity contribution in [1.29, 1.82) is 21.0 Å². The molecule has 0 aromatic heterocycles. The number of nitrogens with zero attached hydrogens (tertiary/aromatic N) is 4. The Labute approximate surface area is 187 Å². The summed E-state index contributed by atoms with van der Waals surface area (Å²) in [7, 11) is 0. The third-order valence-corrected chi connectivity index (χ3v) is 4.63. The van der Waals surface area contributed by atoms with Crippen LogP contribution >= 0.6 is 0 Å². The molecule has 0 bridgehead atoms. The molecule has 4 nitrogen and oxygen atoms in total. The van der Waals surface area contributed by atoms with E-state index in [1.54, 1.807) is 0 Å². The summed E-state index contributed by atoms with van der Waals surface area (Å²) < 4.78 is 87.3. The van der Waals surface area contributed by atoms with Crippen LogP contribution in [0, 0.1) is 80.2 Å². The van der Waals surface area contributed by atoms with Crippen molar-refractivity contribution >= 4 is 11.1 Å². The molecule has 0 saturated heterocycles. The van der Waals surface area contributed by atoms with Crippen molar-refractivity contribution in [3.05, 3.63) is 81.7 Å². The molecule has 0 fully saturated rings. The summed E-state index contributed by atoms with van der Waals surface area (Å²) in [6, 6.07) is 8.44. The van der Waals surface area contributed by atoms with Crippen LogP contribution in [0.1, 0.15) is 0 Å². The molecule has 0 saturated carbocycles. The zero-order valence-electron chi connectivity index (χ0n) is 16.5. The number of halogens is 6. The van der Waals surface area contributed by atoms with Crippen molar-refractivity contribution < 1.29 is 26.3 Å². The third-order valence-electron chi connectivity index (χ3n) is 4.63. The van der Waals surface area contributed by atoms with E-state index in [1.165, 1.54) is 24.3 Å². The van der Waals surface area contributed by atoms with Gasteiger partial charge in [0.25, 0.3) is 0 Å². The highest BCUT2D eigenvalue weighted by Crippen LogP contribution is 2.27. The Morgan fingerprint density at radius 3 is 0.971 bits per heavy atom. The smallest absolute Gasteiger partial charge is 0.141 e. The topological polar surface area (TPSA) is 95.2 Å². The Kier molecular flexibility index (Phi) is 6.39. The Morgan fingerprint density at radius 1 is 0.471 bits per heavy atom. The maximum absolute atomic E-state index is 15.9. The average molecular weight is 464 g/mol. The molecule has 0 N–H and O–H groups in total. The number of hydrogen-bond donors (Lipinski definition) is 0. The lowest BCUT2D eigenvalue weighted by atomic mass is 9.90. The summed E-state index contributed by atoms with van der Waals surface area (Å²) >= 11 is 0. The van der Waals surface area contributed by atoms with Crippen LogP contribution < -0.4 is 10.4 Å². The molecule has 0 aliphatic rings. The van der Waals surface area contributed by atoms with Gasteiger partial charge >= 0.3 is 0 Å². The van der Waals surface area contributed by atoms with Gasteiger partial charge in [-0.3, -0.25) is 0 Å². The highest BCUT2D eigenvalue weighted by molar-refractivity contribution is 5.86. The van der Waals surface area contributed by atoms with Crippen molar-refractivity contribution in [3.8, 4) is 46.5 Å². The van der Waals surface area contributed by atoms with Crippen LogP contribution in [0.5, 0.6) is 0 Å². The predicted octanol–water partition coefficient (Wildman–Crippen LogP) is 4.25. The minimum Gasteiger partial charge on any atom is -0.207 e. The Balaban J connectivity index is 2.82. The SMILES string of the molecule is N#CC(C#N)=c1c(F)c(-c2cc(F)cc(F)c2)c(=C(C#N)C#N)c(F)c1-c1cc(F)cc(F)c1. The second-order valence-electron chi connectivity index (χ2n) is 6.64.